The van der Waals surface area contributed by atoms with Gasteiger partial charge < -0.3 is 10.6 Å². The zero-order chi connectivity index (χ0) is 14.6. The second-order valence-corrected chi connectivity index (χ2v) is 7.31. The van der Waals surface area contributed by atoms with Crippen LogP contribution in [0.3, 0.4) is 0 Å². The minimum atomic E-state index is -0.0636. The van der Waals surface area contributed by atoms with Crippen molar-refractivity contribution in [2.75, 3.05) is 13.1 Å². The number of amides is 1. The summed E-state index contributed by atoms with van der Waals surface area (Å²) in [6, 6.07) is 0.468. The van der Waals surface area contributed by atoms with Crippen LogP contribution in [-0.4, -0.2) is 29.9 Å². The highest BCUT2D eigenvalue weighted by Gasteiger charge is 2.45. The number of hydrogen-bond donors (Lipinski definition) is 1. The number of hydrogen-bond acceptors (Lipinski definition) is 2. The lowest BCUT2D eigenvalue weighted by molar-refractivity contribution is -0.145. The first-order valence-corrected chi connectivity index (χ1v) is 8.60. The largest absolute Gasteiger partial charge is 0.338 e. The smallest absolute Gasteiger partial charge is 0.229 e. The summed E-state index contributed by atoms with van der Waals surface area (Å²) in [5.41, 5.74) is 5.72. The Morgan fingerprint density at radius 3 is 2.30 bits per heavy atom. The Morgan fingerprint density at radius 2 is 1.80 bits per heavy atom. The third-order valence-corrected chi connectivity index (χ3v) is 5.21. The summed E-state index contributed by atoms with van der Waals surface area (Å²) in [7, 11) is 0. The lowest BCUT2D eigenvalue weighted by Crippen LogP contribution is -2.49. The van der Waals surface area contributed by atoms with Gasteiger partial charge in [-0.3, -0.25) is 4.79 Å². The van der Waals surface area contributed by atoms with Gasteiger partial charge in [-0.2, -0.15) is 0 Å². The van der Waals surface area contributed by atoms with Crippen LogP contribution in [0, 0.1) is 11.3 Å². The van der Waals surface area contributed by atoms with Crippen molar-refractivity contribution in [1.82, 2.24) is 4.90 Å². The molecule has 0 aromatic rings. The Bertz CT molecular complexity index is 315. The summed E-state index contributed by atoms with van der Waals surface area (Å²) in [5.74, 6) is 1.03. The molecule has 0 radical (unpaired) electrons. The highest BCUT2D eigenvalue weighted by Crippen LogP contribution is 2.45. The average molecular weight is 280 g/mol. The lowest BCUT2D eigenvalue weighted by atomic mass is 9.77. The molecule has 2 rings (SSSR count). The maximum Gasteiger partial charge on any atom is 0.229 e. The van der Waals surface area contributed by atoms with Gasteiger partial charge in [0.1, 0.15) is 0 Å². The van der Waals surface area contributed by atoms with E-state index in [9.17, 15) is 4.79 Å². The molecule has 1 amide bonds. The van der Waals surface area contributed by atoms with E-state index >= 15 is 0 Å². The molecule has 0 bridgehead atoms. The molecule has 20 heavy (non-hydrogen) atoms. The number of nitrogens with two attached hydrogens (primary N) is 1. The molecular formula is C17H32N2O. The van der Waals surface area contributed by atoms with E-state index in [0.717, 1.165) is 25.8 Å². The molecule has 0 unspecified atom stereocenters. The van der Waals surface area contributed by atoms with Crippen LogP contribution in [0.15, 0.2) is 0 Å². The van der Waals surface area contributed by atoms with E-state index in [-0.39, 0.29) is 5.41 Å². The summed E-state index contributed by atoms with van der Waals surface area (Å²) < 4.78 is 0. The van der Waals surface area contributed by atoms with Crippen LogP contribution in [0.25, 0.3) is 0 Å². The summed E-state index contributed by atoms with van der Waals surface area (Å²) in [4.78, 5) is 15.4. The van der Waals surface area contributed by atoms with E-state index in [4.69, 9.17) is 5.73 Å². The van der Waals surface area contributed by atoms with Crippen molar-refractivity contribution >= 4 is 5.91 Å². The molecule has 2 fully saturated rings. The van der Waals surface area contributed by atoms with Gasteiger partial charge in [-0.05, 0) is 38.0 Å². The molecule has 3 heteroatoms. The van der Waals surface area contributed by atoms with E-state index in [1.165, 1.54) is 38.5 Å². The van der Waals surface area contributed by atoms with Gasteiger partial charge in [0.25, 0.3) is 0 Å². The van der Waals surface area contributed by atoms with Crippen LogP contribution >= 0.6 is 0 Å². The number of nitrogens with zero attached hydrogens (tertiary/aromatic N) is 1. The van der Waals surface area contributed by atoms with E-state index in [1.54, 1.807) is 0 Å². The first kappa shape index (κ1) is 15.8. The molecule has 0 aromatic heterocycles. The summed E-state index contributed by atoms with van der Waals surface area (Å²) in [6.07, 6.45) is 10.6. The maximum atomic E-state index is 13.3. The van der Waals surface area contributed by atoms with Crippen molar-refractivity contribution in [2.45, 2.75) is 77.7 Å². The normalized spacial score (nSPS) is 22.6. The van der Waals surface area contributed by atoms with E-state index < -0.39 is 0 Å². The molecule has 2 saturated carbocycles. The van der Waals surface area contributed by atoms with Gasteiger partial charge in [-0.1, -0.05) is 39.5 Å². The predicted octanol–water partition coefficient (Wildman–Crippen LogP) is 3.32. The van der Waals surface area contributed by atoms with Gasteiger partial charge in [0.2, 0.25) is 5.91 Å². The molecular weight excluding hydrogens is 248 g/mol. The van der Waals surface area contributed by atoms with Crippen molar-refractivity contribution in [2.24, 2.45) is 17.1 Å². The standard InChI is InChI=1S/C17H32N2O/c1-14(2)13-17(9-5-6-10-17)16(20)19(12-11-18)15-7-3-4-8-15/h14-15H,3-13,18H2,1-2H3. The molecule has 0 aliphatic heterocycles. The Hall–Kier alpha value is -0.570. The molecule has 0 spiro atoms. The minimum absolute atomic E-state index is 0.0636. The summed E-state index contributed by atoms with van der Waals surface area (Å²) >= 11 is 0. The number of carbonyl (C=O) groups is 1. The van der Waals surface area contributed by atoms with E-state index in [1.807, 2.05) is 0 Å². The topological polar surface area (TPSA) is 46.3 Å². The first-order valence-electron chi connectivity index (χ1n) is 8.60. The highest BCUT2D eigenvalue weighted by molar-refractivity contribution is 5.83. The van der Waals surface area contributed by atoms with Crippen LogP contribution < -0.4 is 5.73 Å². The van der Waals surface area contributed by atoms with Gasteiger partial charge in [-0.25, -0.2) is 0 Å². The zero-order valence-corrected chi connectivity index (χ0v) is 13.4. The van der Waals surface area contributed by atoms with Gasteiger partial charge in [0, 0.05) is 24.5 Å². The van der Waals surface area contributed by atoms with Crippen LogP contribution in [0.2, 0.25) is 0 Å². The van der Waals surface area contributed by atoms with Gasteiger partial charge in [-0.15, -0.1) is 0 Å². The molecule has 0 saturated heterocycles. The van der Waals surface area contributed by atoms with Gasteiger partial charge in [0.05, 0.1) is 0 Å². The second kappa shape index (κ2) is 6.93. The molecule has 3 nitrogen and oxygen atoms in total. The fourth-order valence-corrected chi connectivity index (χ4v) is 4.45. The SMILES string of the molecule is CC(C)CC1(C(=O)N(CCN)C2CCCC2)CCCC1. The Kier molecular flexibility index (Phi) is 5.48. The molecule has 2 aliphatic carbocycles. The van der Waals surface area contributed by atoms with Gasteiger partial charge >= 0.3 is 0 Å². The van der Waals surface area contributed by atoms with E-state index in [0.29, 0.717) is 24.4 Å². The maximum absolute atomic E-state index is 13.3. The van der Waals surface area contributed by atoms with Crippen LogP contribution in [0.4, 0.5) is 0 Å². The van der Waals surface area contributed by atoms with Crippen molar-refractivity contribution in [3.05, 3.63) is 0 Å². The minimum Gasteiger partial charge on any atom is -0.338 e. The predicted molar refractivity (Wildman–Crippen MR) is 83.4 cm³/mol. The highest BCUT2D eigenvalue weighted by atomic mass is 16.2. The van der Waals surface area contributed by atoms with Crippen LogP contribution in [0.1, 0.15) is 71.6 Å². The molecule has 0 atom stereocenters. The number of rotatable bonds is 6. The molecule has 0 aromatic carbocycles. The van der Waals surface area contributed by atoms with Crippen molar-refractivity contribution < 1.29 is 4.79 Å². The zero-order valence-electron chi connectivity index (χ0n) is 13.4. The molecule has 2 N–H and O–H groups in total. The monoisotopic (exact) mass is 280 g/mol. The second-order valence-electron chi connectivity index (χ2n) is 7.31. The number of carbonyl (C=O) groups excluding carboxylic acids is 1. The molecule has 116 valence electrons. The van der Waals surface area contributed by atoms with Gasteiger partial charge in [0.15, 0.2) is 0 Å². The Balaban J connectivity index is 2.14. The van der Waals surface area contributed by atoms with E-state index in [2.05, 4.69) is 18.7 Å². The molecule has 0 heterocycles. The Labute approximate surface area is 124 Å². The molecule has 2 aliphatic rings. The van der Waals surface area contributed by atoms with Crippen molar-refractivity contribution in [1.29, 1.82) is 0 Å². The third-order valence-electron chi connectivity index (χ3n) is 5.21. The fraction of sp³-hybridized carbons (Fsp3) is 0.941. The van der Waals surface area contributed by atoms with Crippen molar-refractivity contribution in [3.63, 3.8) is 0 Å². The summed E-state index contributed by atoms with van der Waals surface area (Å²) in [6.45, 7) is 5.84. The first-order chi connectivity index (χ1) is 9.59. The Morgan fingerprint density at radius 1 is 1.20 bits per heavy atom. The van der Waals surface area contributed by atoms with Crippen molar-refractivity contribution in [3.8, 4) is 0 Å². The fourth-order valence-electron chi connectivity index (χ4n) is 4.45. The lowest BCUT2D eigenvalue weighted by Gasteiger charge is -2.38. The third kappa shape index (κ3) is 3.36. The summed E-state index contributed by atoms with van der Waals surface area (Å²) in [5, 5.41) is 0. The quantitative estimate of drug-likeness (QED) is 0.811. The average Bonchev–Trinajstić information content (AvgIpc) is 3.06. The van der Waals surface area contributed by atoms with Crippen LogP contribution in [0.5, 0.6) is 0 Å². The van der Waals surface area contributed by atoms with Crippen LogP contribution in [-0.2, 0) is 4.79 Å².